The first kappa shape index (κ1) is 21.0. The van der Waals surface area contributed by atoms with Gasteiger partial charge in [0.05, 0.1) is 0 Å². The number of carbonyl (C=O) groups excluding carboxylic acids is 3. The predicted molar refractivity (Wildman–Crippen MR) is 109 cm³/mol. The third-order valence-electron chi connectivity index (χ3n) is 4.13. The molecule has 2 aromatic carbocycles. The van der Waals surface area contributed by atoms with Crippen molar-refractivity contribution in [3.05, 3.63) is 65.7 Å². The molecular formula is C21H26N4O3. The highest BCUT2D eigenvalue weighted by Gasteiger charge is 2.10. The zero-order valence-electron chi connectivity index (χ0n) is 15.9. The Bertz CT molecular complexity index is 808. The Kier molecular flexibility index (Phi) is 8.02. The molecule has 0 spiro atoms. The lowest BCUT2D eigenvalue weighted by Gasteiger charge is -2.15. The smallest absolute Gasteiger partial charge is 0.319 e. The van der Waals surface area contributed by atoms with Gasteiger partial charge in [-0.3, -0.25) is 9.59 Å². The summed E-state index contributed by atoms with van der Waals surface area (Å²) < 4.78 is 0. The summed E-state index contributed by atoms with van der Waals surface area (Å²) in [6, 6.07) is 16.4. The molecule has 0 aliphatic carbocycles. The van der Waals surface area contributed by atoms with Crippen LogP contribution in [0.2, 0.25) is 0 Å². The Labute approximate surface area is 164 Å². The number of amides is 4. The van der Waals surface area contributed by atoms with Crippen molar-refractivity contribution < 1.29 is 14.4 Å². The maximum Gasteiger partial charge on any atom is 0.319 e. The van der Waals surface area contributed by atoms with E-state index in [-0.39, 0.29) is 30.9 Å². The standard InChI is InChI=1S/C21H26N4O3/c1-15(10-11-16-6-3-2-4-7-16)24-21(28)25-18-9-5-8-17(14-18)20(27)23-13-12-19(22)26/h2-9,14-15H,10-13H2,1H3,(H2,22,26)(H,23,27)(H2,24,25,28). The number of hydrogen-bond acceptors (Lipinski definition) is 3. The summed E-state index contributed by atoms with van der Waals surface area (Å²) in [6.45, 7) is 2.12. The average Bonchev–Trinajstić information content (AvgIpc) is 2.67. The molecule has 2 rings (SSSR count). The first-order valence-electron chi connectivity index (χ1n) is 9.22. The second-order valence-corrected chi connectivity index (χ2v) is 6.58. The number of carbonyl (C=O) groups is 3. The summed E-state index contributed by atoms with van der Waals surface area (Å²) in [5, 5.41) is 8.24. The maximum absolute atomic E-state index is 12.2. The van der Waals surface area contributed by atoms with E-state index in [1.807, 2.05) is 25.1 Å². The van der Waals surface area contributed by atoms with Gasteiger partial charge in [0.15, 0.2) is 0 Å². The van der Waals surface area contributed by atoms with Crippen LogP contribution in [0.4, 0.5) is 10.5 Å². The third-order valence-corrected chi connectivity index (χ3v) is 4.13. The van der Waals surface area contributed by atoms with Crippen molar-refractivity contribution in [2.45, 2.75) is 32.2 Å². The zero-order valence-corrected chi connectivity index (χ0v) is 15.9. The highest BCUT2D eigenvalue weighted by atomic mass is 16.2. The second-order valence-electron chi connectivity index (χ2n) is 6.58. The first-order chi connectivity index (χ1) is 13.4. The fourth-order valence-corrected chi connectivity index (χ4v) is 2.63. The van der Waals surface area contributed by atoms with Crippen molar-refractivity contribution in [2.24, 2.45) is 5.73 Å². The van der Waals surface area contributed by atoms with Gasteiger partial charge in [-0.15, -0.1) is 0 Å². The number of urea groups is 1. The van der Waals surface area contributed by atoms with Gasteiger partial charge in [0, 0.05) is 30.3 Å². The van der Waals surface area contributed by atoms with Crippen molar-refractivity contribution in [2.75, 3.05) is 11.9 Å². The second kappa shape index (κ2) is 10.7. The van der Waals surface area contributed by atoms with Gasteiger partial charge in [0.1, 0.15) is 0 Å². The van der Waals surface area contributed by atoms with Crippen LogP contribution >= 0.6 is 0 Å². The minimum absolute atomic E-state index is 0.000451. The largest absolute Gasteiger partial charge is 0.370 e. The van der Waals surface area contributed by atoms with Crippen LogP contribution in [0.3, 0.4) is 0 Å². The van der Waals surface area contributed by atoms with Crippen molar-refractivity contribution in [1.29, 1.82) is 0 Å². The molecule has 0 saturated carbocycles. The van der Waals surface area contributed by atoms with Gasteiger partial charge >= 0.3 is 6.03 Å². The zero-order chi connectivity index (χ0) is 20.4. The minimum Gasteiger partial charge on any atom is -0.370 e. The summed E-state index contributed by atoms with van der Waals surface area (Å²) in [5.41, 5.74) is 7.17. The maximum atomic E-state index is 12.2. The number of hydrogen-bond donors (Lipinski definition) is 4. The van der Waals surface area contributed by atoms with Gasteiger partial charge in [0.25, 0.3) is 5.91 Å². The molecule has 0 bridgehead atoms. The predicted octanol–water partition coefficient (Wildman–Crippen LogP) is 2.43. The van der Waals surface area contributed by atoms with Crippen molar-refractivity contribution in [1.82, 2.24) is 10.6 Å². The van der Waals surface area contributed by atoms with Crippen LogP contribution < -0.4 is 21.7 Å². The highest BCUT2D eigenvalue weighted by molar-refractivity contribution is 5.97. The van der Waals surface area contributed by atoms with Crippen LogP contribution in [0.1, 0.15) is 35.7 Å². The Morgan fingerprint density at radius 2 is 1.79 bits per heavy atom. The number of aryl methyl sites for hydroxylation is 1. The van der Waals surface area contributed by atoms with Gasteiger partial charge in [-0.25, -0.2) is 4.79 Å². The molecule has 0 aromatic heterocycles. The van der Waals surface area contributed by atoms with Crippen LogP contribution in [0.15, 0.2) is 54.6 Å². The Hall–Kier alpha value is -3.35. The van der Waals surface area contributed by atoms with E-state index in [9.17, 15) is 14.4 Å². The number of benzene rings is 2. The summed E-state index contributed by atoms with van der Waals surface area (Å²) in [4.78, 5) is 35.0. The van der Waals surface area contributed by atoms with Crippen LogP contribution in [0.25, 0.3) is 0 Å². The number of rotatable bonds is 9. The molecular weight excluding hydrogens is 356 g/mol. The Morgan fingerprint density at radius 1 is 1.04 bits per heavy atom. The molecule has 2 aromatic rings. The number of anilines is 1. The molecule has 1 unspecified atom stereocenters. The fourth-order valence-electron chi connectivity index (χ4n) is 2.63. The van der Waals surface area contributed by atoms with Crippen molar-refractivity contribution in [3.63, 3.8) is 0 Å². The van der Waals surface area contributed by atoms with Gasteiger partial charge in [0.2, 0.25) is 5.91 Å². The van der Waals surface area contributed by atoms with Crippen LogP contribution in [-0.4, -0.2) is 30.4 Å². The number of nitrogens with two attached hydrogens (primary N) is 1. The Balaban J connectivity index is 1.81. The number of nitrogens with one attached hydrogen (secondary N) is 3. The van der Waals surface area contributed by atoms with E-state index in [2.05, 4.69) is 28.1 Å². The monoisotopic (exact) mass is 382 g/mol. The summed E-state index contributed by atoms with van der Waals surface area (Å²) in [6.07, 6.45) is 1.77. The van der Waals surface area contributed by atoms with E-state index >= 15 is 0 Å². The molecule has 0 aliphatic heterocycles. The molecule has 5 N–H and O–H groups in total. The van der Waals surface area contributed by atoms with Gasteiger partial charge in [-0.2, -0.15) is 0 Å². The molecule has 7 nitrogen and oxygen atoms in total. The molecule has 0 aliphatic rings. The molecule has 4 amide bonds. The molecule has 0 saturated heterocycles. The van der Waals surface area contributed by atoms with Gasteiger partial charge < -0.3 is 21.7 Å². The fraction of sp³-hybridized carbons (Fsp3) is 0.286. The minimum atomic E-state index is -0.478. The van der Waals surface area contributed by atoms with Crippen molar-refractivity contribution >= 4 is 23.5 Å². The highest BCUT2D eigenvalue weighted by Crippen LogP contribution is 2.11. The lowest BCUT2D eigenvalue weighted by Crippen LogP contribution is -2.36. The average molecular weight is 382 g/mol. The first-order valence-corrected chi connectivity index (χ1v) is 9.22. The summed E-state index contributed by atoms with van der Waals surface area (Å²) >= 11 is 0. The van der Waals surface area contributed by atoms with Crippen LogP contribution in [0.5, 0.6) is 0 Å². The normalized spacial score (nSPS) is 11.3. The topological polar surface area (TPSA) is 113 Å². The van der Waals surface area contributed by atoms with Crippen LogP contribution in [-0.2, 0) is 11.2 Å². The Morgan fingerprint density at radius 3 is 2.50 bits per heavy atom. The van der Waals surface area contributed by atoms with E-state index in [4.69, 9.17) is 5.73 Å². The SMILES string of the molecule is CC(CCc1ccccc1)NC(=O)Nc1cccc(C(=O)NCCC(N)=O)c1. The van der Waals surface area contributed by atoms with E-state index < -0.39 is 5.91 Å². The molecule has 28 heavy (non-hydrogen) atoms. The van der Waals surface area contributed by atoms with E-state index in [0.29, 0.717) is 11.3 Å². The van der Waals surface area contributed by atoms with Gasteiger partial charge in [-0.1, -0.05) is 36.4 Å². The van der Waals surface area contributed by atoms with E-state index in [1.54, 1.807) is 24.3 Å². The quantitative estimate of drug-likeness (QED) is 0.534. The van der Waals surface area contributed by atoms with E-state index in [1.165, 1.54) is 5.56 Å². The lowest BCUT2D eigenvalue weighted by atomic mass is 10.1. The molecule has 0 fully saturated rings. The number of primary amides is 1. The molecule has 148 valence electrons. The summed E-state index contributed by atoms with van der Waals surface area (Å²) in [5.74, 6) is -0.810. The van der Waals surface area contributed by atoms with Gasteiger partial charge in [-0.05, 0) is 43.5 Å². The molecule has 7 heteroatoms. The van der Waals surface area contributed by atoms with Crippen LogP contribution in [0, 0.1) is 0 Å². The molecule has 1 atom stereocenters. The summed E-state index contributed by atoms with van der Waals surface area (Å²) in [7, 11) is 0. The van der Waals surface area contributed by atoms with E-state index in [0.717, 1.165) is 12.8 Å². The third kappa shape index (κ3) is 7.49. The lowest BCUT2D eigenvalue weighted by molar-refractivity contribution is -0.117. The van der Waals surface area contributed by atoms with Crippen molar-refractivity contribution in [3.8, 4) is 0 Å². The molecule has 0 radical (unpaired) electrons. The molecule has 0 heterocycles.